The predicted molar refractivity (Wildman–Crippen MR) is 197 cm³/mol. The molecule has 11 heteroatoms. The van der Waals surface area contributed by atoms with E-state index < -0.39 is 59.6 Å². The summed E-state index contributed by atoms with van der Waals surface area (Å²) in [6.45, 7) is 13.1. The van der Waals surface area contributed by atoms with Crippen LogP contribution in [0.3, 0.4) is 0 Å². The van der Waals surface area contributed by atoms with E-state index in [1.165, 1.54) is 4.90 Å². The Bertz CT molecular complexity index is 1620. The summed E-state index contributed by atoms with van der Waals surface area (Å²) < 4.78 is 18.4. The summed E-state index contributed by atoms with van der Waals surface area (Å²) in [6, 6.07) is 13.9. The molecule has 0 unspecified atom stereocenters. The number of nitrogens with zero attached hydrogens (tertiary/aromatic N) is 3. The van der Waals surface area contributed by atoms with Crippen molar-refractivity contribution in [1.29, 1.82) is 0 Å². The summed E-state index contributed by atoms with van der Waals surface area (Å²) in [5, 5.41) is 10.8. The number of ether oxygens (including phenoxy) is 3. The molecular weight excluding hydrogens is 662 g/mol. The van der Waals surface area contributed by atoms with Gasteiger partial charge in [-0.1, -0.05) is 62.8 Å². The number of carbonyl (C=O) groups excluding carboxylic acids is 4. The molecule has 3 amide bonds. The Hall–Kier alpha value is -4.48. The summed E-state index contributed by atoms with van der Waals surface area (Å²) in [5.41, 5.74) is -0.0350. The number of benzene rings is 2. The van der Waals surface area contributed by atoms with Gasteiger partial charge in [0, 0.05) is 25.7 Å². The molecule has 2 aromatic carbocycles. The molecule has 3 fully saturated rings. The Morgan fingerprint density at radius 1 is 1.10 bits per heavy atom. The number of esters is 1. The summed E-state index contributed by atoms with van der Waals surface area (Å²) in [7, 11) is 3.25. The molecule has 11 nitrogen and oxygen atoms in total. The summed E-state index contributed by atoms with van der Waals surface area (Å²) in [5.74, 6) is -3.06. The van der Waals surface area contributed by atoms with Gasteiger partial charge in [0.1, 0.15) is 23.5 Å². The lowest BCUT2D eigenvalue weighted by molar-refractivity contribution is -0.165. The van der Waals surface area contributed by atoms with E-state index in [1.54, 1.807) is 60.4 Å². The molecule has 3 heterocycles. The number of rotatable bonds is 17. The molecule has 0 saturated carbocycles. The van der Waals surface area contributed by atoms with Crippen LogP contribution in [0.5, 0.6) is 5.75 Å². The monoisotopic (exact) mass is 715 g/mol. The van der Waals surface area contributed by atoms with Gasteiger partial charge in [0.05, 0.1) is 43.7 Å². The van der Waals surface area contributed by atoms with Crippen LogP contribution in [0, 0.1) is 17.8 Å². The van der Waals surface area contributed by atoms with Crippen molar-refractivity contribution >= 4 is 29.4 Å². The fourth-order valence-corrected chi connectivity index (χ4v) is 8.29. The van der Waals surface area contributed by atoms with Crippen molar-refractivity contribution in [2.75, 3.05) is 32.2 Å². The molecule has 2 bridgehead atoms. The second-order valence-electron chi connectivity index (χ2n) is 14.2. The van der Waals surface area contributed by atoms with Gasteiger partial charge in [0.15, 0.2) is 0 Å². The highest BCUT2D eigenvalue weighted by atomic mass is 16.6. The van der Waals surface area contributed by atoms with E-state index in [-0.39, 0.29) is 37.3 Å². The zero-order valence-corrected chi connectivity index (χ0v) is 31.0. The fraction of sp³-hybridized carbons (Fsp3) is 0.512. The molecule has 0 aliphatic carbocycles. The maximum absolute atomic E-state index is 15.0. The maximum Gasteiger partial charge on any atom is 0.313 e. The zero-order chi connectivity index (χ0) is 37.7. The van der Waals surface area contributed by atoms with Crippen molar-refractivity contribution in [1.82, 2.24) is 9.80 Å². The van der Waals surface area contributed by atoms with Gasteiger partial charge >= 0.3 is 5.97 Å². The van der Waals surface area contributed by atoms with Crippen molar-refractivity contribution in [2.45, 2.75) is 88.8 Å². The van der Waals surface area contributed by atoms with E-state index >= 15 is 0 Å². The van der Waals surface area contributed by atoms with Crippen LogP contribution in [-0.2, 0) is 28.7 Å². The highest BCUT2D eigenvalue weighted by Gasteiger charge is 2.76. The average molecular weight is 716 g/mol. The SMILES string of the molecule is C=CCCC(=O)N(C)[C@H](C)[C@H](OC(=O)[C@@H]1[C@@H]2CC[C@]3(O2)[C@H](C(=O)N(CC=C)c2ccc(OC)cc2)N([C@@H](CO)[C@@H](C)CC)C(=O)[C@@H]13)c1ccccc1. The highest BCUT2D eigenvalue weighted by Crippen LogP contribution is 2.60. The van der Waals surface area contributed by atoms with Gasteiger partial charge in [-0.15, -0.1) is 13.2 Å². The number of hydrogen-bond acceptors (Lipinski definition) is 8. The Labute approximate surface area is 307 Å². The molecule has 0 aromatic heterocycles. The minimum atomic E-state index is -1.32. The van der Waals surface area contributed by atoms with Gasteiger partial charge in [0.2, 0.25) is 11.8 Å². The Balaban J connectivity index is 1.54. The largest absolute Gasteiger partial charge is 0.497 e. The van der Waals surface area contributed by atoms with Crippen LogP contribution in [0.2, 0.25) is 0 Å². The molecule has 5 rings (SSSR count). The molecule has 3 aliphatic heterocycles. The number of anilines is 1. The van der Waals surface area contributed by atoms with Crippen molar-refractivity contribution in [3.05, 3.63) is 85.5 Å². The van der Waals surface area contributed by atoms with E-state index in [1.807, 2.05) is 51.1 Å². The smallest absolute Gasteiger partial charge is 0.313 e. The summed E-state index contributed by atoms with van der Waals surface area (Å²) in [4.78, 5) is 62.1. The lowest BCUT2D eigenvalue weighted by atomic mass is 9.70. The van der Waals surface area contributed by atoms with E-state index in [0.29, 0.717) is 42.7 Å². The Kier molecular flexibility index (Phi) is 12.3. The van der Waals surface area contributed by atoms with Crippen molar-refractivity contribution < 1.29 is 38.5 Å². The third-order valence-electron chi connectivity index (χ3n) is 11.4. The van der Waals surface area contributed by atoms with Crippen molar-refractivity contribution in [2.24, 2.45) is 17.8 Å². The van der Waals surface area contributed by atoms with Crippen LogP contribution in [-0.4, -0.2) is 95.7 Å². The number of likely N-dealkylation sites (N-methyl/N-ethyl adjacent to an activating group) is 1. The topological polar surface area (TPSA) is 126 Å². The quantitative estimate of drug-likeness (QED) is 0.177. The number of fused-ring (bicyclic) bond motifs is 1. The summed E-state index contributed by atoms with van der Waals surface area (Å²) in [6.07, 6.45) is 4.08. The number of hydrogen-bond donors (Lipinski definition) is 1. The molecule has 0 radical (unpaired) electrons. The maximum atomic E-state index is 15.0. The second kappa shape index (κ2) is 16.5. The molecule has 52 heavy (non-hydrogen) atoms. The van der Waals surface area contributed by atoms with Gasteiger partial charge in [-0.05, 0) is 61.9 Å². The first-order chi connectivity index (χ1) is 25.0. The van der Waals surface area contributed by atoms with E-state index in [4.69, 9.17) is 14.2 Å². The van der Waals surface area contributed by atoms with Crippen LogP contribution in [0.4, 0.5) is 5.69 Å². The first-order valence-electron chi connectivity index (χ1n) is 18.3. The minimum absolute atomic E-state index is 0.115. The molecule has 3 saturated heterocycles. The molecule has 2 aromatic rings. The first-order valence-corrected chi connectivity index (χ1v) is 18.3. The Morgan fingerprint density at radius 3 is 2.38 bits per heavy atom. The Morgan fingerprint density at radius 2 is 1.79 bits per heavy atom. The van der Waals surface area contributed by atoms with Crippen molar-refractivity contribution in [3.63, 3.8) is 0 Å². The van der Waals surface area contributed by atoms with Crippen LogP contribution in [0.25, 0.3) is 0 Å². The predicted octanol–water partition coefficient (Wildman–Crippen LogP) is 5.09. The number of methoxy groups -OCH3 is 1. The minimum Gasteiger partial charge on any atom is -0.497 e. The molecule has 1 spiro atoms. The van der Waals surface area contributed by atoms with Gasteiger partial charge in [0.25, 0.3) is 5.91 Å². The third-order valence-corrected chi connectivity index (χ3v) is 11.4. The lowest BCUT2D eigenvalue weighted by Crippen LogP contribution is -2.60. The number of likely N-dealkylation sites (tertiary alicyclic amines) is 1. The van der Waals surface area contributed by atoms with E-state index in [2.05, 4.69) is 13.2 Å². The molecule has 9 atom stereocenters. The number of aliphatic hydroxyl groups excluding tert-OH is 1. The zero-order valence-electron chi connectivity index (χ0n) is 31.0. The normalized spacial score (nSPS) is 25.4. The molecule has 3 aliphatic rings. The van der Waals surface area contributed by atoms with Gasteiger partial charge in [-0.25, -0.2) is 0 Å². The van der Waals surface area contributed by atoms with Crippen LogP contribution in [0.1, 0.15) is 64.5 Å². The molecular formula is C41H53N3O8. The number of amides is 3. The second-order valence-corrected chi connectivity index (χ2v) is 14.2. The van der Waals surface area contributed by atoms with Crippen LogP contribution < -0.4 is 9.64 Å². The number of allylic oxidation sites excluding steroid dienone is 1. The highest BCUT2D eigenvalue weighted by molar-refractivity contribution is 6.05. The van der Waals surface area contributed by atoms with Gasteiger partial charge < -0.3 is 34.0 Å². The lowest BCUT2D eigenvalue weighted by Gasteiger charge is -2.40. The number of aliphatic hydroxyl groups is 1. The van der Waals surface area contributed by atoms with E-state index in [0.717, 1.165) is 0 Å². The van der Waals surface area contributed by atoms with E-state index in [9.17, 15) is 24.3 Å². The van der Waals surface area contributed by atoms with Crippen LogP contribution in [0.15, 0.2) is 79.9 Å². The molecule has 1 N–H and O–H groups in total. The van der Waals surface area contributed by atoms with Crippen molar-refractivity contribution in [3.8, 4) is 5.75 Å². The molecule has 280 valence electrons. The average Bonchev–Trinajstić information content (AvgIpc) is 3.82. The number of carbonyl (C=O) groups is 4. The van der Waals surface area contributed by atoms with Crippen LogP contribution >= 0.6 is 0 Å². The standard InChI is InChI=1S/C41H53N3O8/c1-8-11-17-33(46)42(6)27(5)36(28-15-13-12-14-16-28)51-40(49)34-32-22-23-41(52-32)35(34)38(47)44(31(25-45)26(4)10-3)37(41)39(48)43(24-9-2)29-18-20-30(50-7)21-19-29/h8-9,12-16,18-21,26-27,31-32,34-37,45H,1-2,10-11,17,22-25H2,3-7H3/t26-,27+,31-,32-,34+,35+,36-,37-,41+/m0/s1. The third kappa shape index (κ3) is 7.00. The van der Waals surface area contributed by atoms with Gasteiger partial charge in [-0.2, -0.15) is 0 Å². The summed E-state index contributed by atoms with van der Waals surface area (Å²) >= 11 is 0. The fourth-order valence-electron chi connectivity index (χ4n) is 8.29. The first kappa shape index (κ1) is 38.7. The van der Waals surface area contributed by atoms with Gasteiger partial charge in [-0.3, -0.25) is 19.2 Å².